The average Bonchev–Trinajstić information content (AvgIpc) is 3.29. The third kappa shape index (κ3) is 3.53. The highest BCUT2D eigenvalue weighted by molar-refractivity contribution is 5.78. The van der Waals surface area contributed by atoms with Crippen molar-refractivity contribution in [3.63, 3.8) is 0 Å². The Morgan fingerprint density at radius 2 is 1.93 bits per heavy atom. The quantitative estimate of drug-likeness (QED) is 0.799. The SMILES string of the molecule is COc1cccc(CCC(=O)N2[C@H]3CC[C@@H]2[C@@](CO)(Cc2ccccc2)C3)c1. The van der Waals surface area contributed by atoms with Crippen LogP contribution in [0.2, 0.25) is 0 Å². The van der Waals surface area contributed by atoms with Crippen LogP contribution in [0.15, 0.2) is 54.6 Å². The molecule has 4 heteroatoms. The first-order chi connectivity index (χ1) is 13.6. The summed E-state index contributed by atoms with van der Waals surface area (Å²) in [5.41, 5.74) is 2.17. The van der Waals surface area contributed by atoms with Gasteiger partial charge in [-0.25, -0.2) is 0 Å². The van der Waals surface area contributed by atoms with Gasteiger partial charge in [-0.2, -0.15) is 0 Å². The van der Waals surface area contributed by atoms with Crippen LogP contribution in [0.25, 0.3) is 0 Å². The summed E-state index contributed by atoms with van der Waals surface area (Å²) in [5, 5.41) is 10.3. The Balaban J connectivity index is 1.45. The topological polar surface area (TPSA) is 49.8 Å². The molecule has 4 rings (SSSR count). The number of fused-ring (bicyclic) bond motifs is 2. The maximum absolute atomic E-state index is 13.1. The molecule has 0 aliphatic carbocycles. The zero-order valence-corrected chi connectivity index (χ0v) is 16.5. The highest BCUT2D eigenvalue weighted by atomic mass is 16.5. The van der Waals surface area contributed by atoms with Crippen molar-refractivity contribution in [1.82, 2.24) is 4.90 Å². The molecule has 1 N–H and O–H groups in total. The number of benzene rings is 2. The molecule has 2 aliphatic rings. The molecule has 2 saturated heterocycles. The second-order valence-corrected chi connectivity index (χ2v) is 8.29. The van der Waals surface area contributed by atoms with Crippen LogP contribution in [0, 0.1) is 5.41 Å². The van der Waals surface area contributed by atoms with Crippen LogP contribution in [0.1, 0.15) is 36.8 Å². The normalized spacial score (nSPS) is 25.9. The van der Waals surface area contributed by atoms with Gasteiger partial charge in [-0.05, 0) is 55.4 Å². The van der Waals surface area contributed by atoms with Crippen LogP contribution in [0.5, 0.6) is 5.75 Å². The van der Waals surface area contributed by atoms with E-state index in [0.717, 1.165) is 43.4 Å². The van der Waals surface area contributed by atoms with Crippen molar-refractivity contribution in [3.8, 4) is 5.75 Å². The van der Waals surface area contributed by atoms with Gasteiger partial charge < -0.3 is 14.7 Å². The van der Waals surface area contributed by atoms with Crippen molar-refractivity contribution in [3.05, 3.63) is 65.7 Å². The maximum atomic E-state index is 13.1. The molecule has 0 spiro atoms. The van der Waals surface area contributed by atoms with Gasteiger partial charge >= 0.3 is 0 Å². The Morgan fingerprint density at radius 1 is 1.14 bits per heavy atom. The van der Waals surface area contributed by atoms with E-state index in [1.807, 2.05) is 42.5 Å². The van der Waals surface area contributed by atoms with E-state index in [2.05, 4.69) is 17.0 Å². The van der Waals surface area contributed by atoms with Crippen molar-refractivity contribution < 1.29 is 14.6 Å². The molecule has 2 fully saturated rings. The molecule has 148 valence electrons. The number of carbonyl (C=O) groups excluding carboxylic acids is 1. The minimum atomic E-state index is -0.199. The third-order valence-corrected chi connectivity index (χ3v) is 6.62. The van der Waals surface area contributed by atoms with E-state index in [-0.39, 0.29) is 30.0 Å². The van der Waals surface area contributed by atoms with Gasteiger partial charge in [0.25, 0.3) is 0 Å². The highest BCUT2D eigenvalue weighted by Gasteiger charge is 2.56. The summed E-state index contributed by atoms with van der Waals surface area (Å²) in [6.45, 7) is 0.142. The molecule has 0 saturated carbocycles. The van der Waals surface area contributed by atoms with Crippen molar-refractivity contribution in [2.24, 2.45) is 5.41 Å². The predicted octanol–water partition coefficient (Wildman–Crippen LogP) is 3.61. The molecule has 2 aromatic carbocycles. The Hall–Kier alpha value is -2.33. The first-order valence-electron chi connectivity index (χ1n) is 10.2. The maximum Gasteiger partial charge on any atom is 0.223 e. The van der Waals surface area contributed by atoms with Gasteiger partial charge in [0.2, 0.25) is 5.91 Å². The Bertz CT molecular complexity index is 822. The lowest BCUT2D eigenvalue weighted by atomic mass is 9.70. The molecule has 0 aromatic heterocycles. The van der Waals surface area contributed by atoms with Crippen LogP contribution >= 0.6 is 0 Å². The van der Waals surface area contributed by atoms with Gasteiger partial charge in [-0.3, -0.25) is 4.79 Å². The number of aliphatic hydroxyl groups excluding tert-OH is 1. The number of hydrogen-bond acceptors (Lipinski definition) is 3. The molecular weight excluding hydrogens is 350 g/mol. The predicted molar refractivity (Wildman–Crippen MR) is 109 cm³/mol. The largest absolute Gasteiger partial charge is 0.497 e. The Labute approximate surface area is 167 Å². The highest BCUT2D eigenvalue weighted by Crippen LogP contribution is 2.51. The summed E-state index contributed by atoms with van der Waals surface area (Å²) < 4.78 is 5.28. The van der Waals surface area contributed by atoms with E-state index in [9.17, 15) is 9.90 Å². The number of methoxy groups -OCH3 is 1. The zero-order valence-electron chi connectivity index (χ0n) is 16.5. The van der Waals surface area contributed by atoms with Crippen molar-refractivity contribution >= 4 is 5.91 Å². The molecule has 3 atom stereocenters. The lowest BCUT2D eigenvalue weighted by molar-refractivity contribution is -0.133. The monoisotopic (exact) mass is 379 g/mol. The Morgan fingerprint density at radius 3 is 2.68 bits per heavy atom. The molecule has 4 nitrogen and oxygen atoms in total. The van der Waals surface area contributed by atoms with E-state index in [1.165, 1.54) is 5.56 Å². The van der Waals surface area contributed by atoms with Crippen LogP contribution in [-0.2, 0) is 17.6 Å². The number of amides is 1. The fraction of sp³-hybridized carbons (Fsp3) is 0.458. The van der Waals surface area contributed by atoms with Gasteiger partial charge in [-0.1, -0.05) is 42.5 Å². The third-order valence-electron chi connectivity index (χ3n) is 6.62. The van der Waals surface area contributed by atoms with Gasteiger partial charge in [0, 0.05) is 23.9 Å². The number of aliphatic hydroxyl groups is 1. The second kappa shape index (κ2) is 7.96. The first-order valence-corrected chi connectivity index (χ1v) is 10.2. The second-order valence-electron chi connectivity index (χ2n) is 8.29. The van der Waals surface area contributed by atoms with Crippen LogP contribution in [0.4, 0.5) is 0 Å². The van der Waals surface area contributed by atoms with E-state index < -0.39 is 0 Å². The molecule has 2 heterocycles. The minimum Gasteiger partial charge on any atom is -0.497 e. The molecule has 2 aromatic rings. The van der Waals surface area contributed by atoms with Gasteiger partial charge in [0.05, 0.1) is 13.7 Å². The smallest absolute Gasteiger partial charge is 0.223 e. The molecule has 0 unspecified atom stereocenters. The molecule has 0 radical (unpaired) electrons. The molecular formula is C24H29NO3. The number of carbonyl (C=O) groups is 1. The number of hydrogen-bond donors (Lipinski definition) is 1. The fourth-order valence-corrected chi connectivity index (χ4v) is 5.29. The summed E-state index contributed by atoms with van der Waals surface area (Å²) in [6.07, 6.45) is 5.04. The fourth-order valence-electron chi connectivity index (χ4n) is 5.29. The summed E-state index contributed by atoms with van der Waals surface area (Å²) >= 11 is 0. The molecule has 28 heavy (non-hydrogen) atoms. The molecule has 1 amide bonds. The van der Waals surface area contributed by atoms with Gasteiger partial charge in [0.1, 0.15) is 5.75 Å². The van der Waals surface area contributed by atoms with Crippen molar-refractivity contribution in [1.29, 1.82) is 0 Å². The van der Waals surface area contributed by atoms with E-state index in [1.54, 1.807) is 7.11 Å². The van der Waals surface area contributed by atoms with Crippen molar-refractivity contribution in [2.45, 2.75) is 50.6 Å². The standard InChI is InChI=1S/C24H29NO3/c1-28-21-9-5-8-18(14-21)10-13-23(27)25-20-11-12-22(25)24(16-20,17-26)15-19-6-3-2-4-7-19/h2-9,14,20,22,26H,10-13,15-17H2,1H3/t20-,22+,24-/m0/s1. The number of nitrogens with zero attached hydrogens (tertiary/aromatic N) is 1. The van der Waals surface area contributed by atoms with E-state index in [4.69, 9.17) is 4.74 Å². The lowest BCUT2D eigenvalue weighted by Crippen LogP contribution is -2.44. The van der Waals surface area contributed by atoms with E-state index >= 15 is 0 Å². The van der Waals surface area contributed by atoms with Crippen LogP contribution in [-0.4, -0.2) is 41.7 Å². The van der Waals surface area contributed by atoms with Gasteiger partial charge in [0.15, 0.2) is 0 Å². The number of ether oxygens (including phenoxy) is 1. The number of rotatable bonds is 7. The van der Waals surface area contributed by atoms with E-state index in [0.29, 0.717) is 6.42 Å². The Kier molecular flexibility index (Phi) is 5.40. The van der Waals surface area contributed by atoms with Gasteiger partial charge in [-0.15, -0.1) is 0 Å². The zero-order chi connectivity index (χ0) is 19.6. The van der Waals surface area contributed by atoms with Crippen molar-refractivity contribution in [2.75, 3.05) is 13.7 Å². The average molecular weight is 380 g/mol. The number of aryl methyl sites for hydroxylation is 1. The first kappa shape index (κ1) is 19.0. The molecule has 2 aliphatic heterocycles. The summed E-state index contributed by atoms with van der Waals surface area (Å²) in [4.78, 5) is 15.2. The summed E-state index contributed by atoms with van der Waals surface area (Å²) in [5.74, 6) is 1.05. The molecule has 2 bridgehead atoms. The minimum absolute atomic E-state index is 0.142. The summed E-state index contributed by atoms with van der Waals surface area (Å²) in [6, 6.07) is 18.7. The van der Waals surface area contributed by atoms with Crippen LogP contribution < -0.4 is 4.74 Å². The lowest BCUT2D eigenvalue weighted by Gasteiger charge is -2.36. The summed E-state index contributed by atoms with van der Waals surface area (Å²) in [7, 11) is 1.66. The van der Waals surface area contributed by atoms with Crippen LogP contribution in [0.3, 0.4) is 0 Å².